The average Bonchev–Trinajstić information content (AvgIpc) is 2.37. The summed E-state index contributed by atoms with van der Waals surface area (Å²) in [5, 5.41) is 2.75. The molecular weight excluding hydrogens is 232 g/mol. The monoisotopic (exact) mass is 246 g/mol. The predicted molar refractivity (Wildman–Crippen MR) is 63.7 cm³/mol. The Morgan fingerprint density at radius 2 is 2.17 bits per heavy atom. The first-order chi connectivity index (χ1) is 8.75. The molecule has 3 fully saturated rings. The third-order valence-electron chi connectivity index (χ3n) is 3.46. The molecule has 0 radical (unpaired) electrons. The van der Waals surface area contributed by atoms with Crippen LogP contribution in [0.15, 0.2) is 30.3 Å². The summed E-state index contributed by atoms with van der Waals surface area (Å²) < 4.78 is 5.22. The number of rotatable bonds is 2. The molecule has 0 spiro atoms. The first-order valence-electron chi connectivity index (χ1n) is 6.02. The molecule has 3 aliphatic heterocycles. The van der Waals surface area contributed by atoms with E-state index < -0.39 is 6.09 Å². The lowest BCUT2D eigenvalue weighted by Crippen LogP contribution is -2.71. The van der Waals surface area contributed by atoms with Crippen molar-refractivity contribution in [3.05, 3.63) is 35.9 Å². The van der Waals surface area contributed by atoms with Gasteiger partial charge in [0.1, 0.15) is 12.6 Å². The number of amides is 2. The van der Waals surface area contributed by atoms with Crippen molar-refractivity contribution in [2.24, 2.45) is 0 Å². The standard InChI is InChI=1S/C13H14N2O3/c16-12-11-6-10(7-14-12)15(11)13(17)18-8-9-4-2-1-3-5-9/h1-5,10-11H,6-8H2,(H,14,16). The Bertz CT molecular complexity index is 472. The molecule has 1 N–H and O–H groups in total. The minimum Gasteiger partial charge on any atom is -0.445 e. The normalized spacial score (nSPS) is 25.1. The van der Waals surface area contributed by atoms with Gasteiger partial charge in [0.25, 0.3) is 0 Å². The fraction of sp³-hybridized carbons (Fsp3) is 0.385. The van der Waals surface area contributed by atoms with Crippen molar-refractivity contribution < 1.29 is 14.3 Å². The van der Waals surface area contributed by atoms with Crippen molar-refractivity contribution in [3.63, 3.8) is 0 Å². The Kier molecular flexibility index (Phi) is 2.66. The summed E-state index contributed by atoms with van der Waals surface area (Å²) in [4.78, 5) is 24.9. The summed E-state index contributed by atoms with van der Waals surface area (Å²) in [7, 11) is 0. The molecule has 18 heavy (non-hydrogen) atoms. The molecule has 3 aliphatic rings. The molecule has 1 aromatic rings. The van der Waals surface area contributed by atoms with Gasteiger partial charge in [0.05, 0.1) is 6.04 Å². The topological polar surface area (TPSA) is 58.6 Å². The molecule has 0 saturated carbocycles. The molecule has 1 aromatic carbocycles. The van der Waals surface area contributed by atoms with E-state index in [1.54, 1.807) is 4.90 Å². The summed E-state index contributed by atoms with van der Waals surface area (Å²) in [5.74, 6) is -0.0749. The maximum Gasteiger partial charge on any atom is 0.411 e. The van der Waals surface area contributed by atoms with Crippen molar-refractivity contribution in [2.45, 2.75) is 25.1 Å². The van der Waals surface area contributed by atoms with Crippen LogP contribution in [0.1, 0.15) is 12.0 Å². The largest absolute Gasteiger partial charge is 0.445 e. The zero-order chi connectivity index (χ0) is 12.5. The second-order valence-corrected chi connectivity index (χ2v) is 4.60. The summed E-state index contributed by atoms with van der Waals surface area (Å²) in [6, 6.07) is 9.29. The minimum absolute atomic E-state index is 0.0749. The van der Waals surface area contributed by atoms with Crippen LogP contribution < -0.4 is 5.32 Å². The number of hydrogen-bond acceptors (Lipinski definition) is 3. The number of carbonyl (C=O) groups is 2. The van der Waals surface area contributed by atoms with E-state index in [2.05, 4.69) is 5.32 Å². The number of hydrogen-bond donors (Lipinski definition) is 1. The predicted octanol–water partition coefficient (Wildman–Crippen LogP) is 0.896. The fourth-order valence-electron chi connectivity index (χ4n) is 2.42. The molecule has 2 unspecified atom stereocenters. The van der Waals surface area contributed by atoms with Crippen LogP contribution in [0.2, 0.25) is 0 Å². The Hall–Kier alpha value is -2.04. The Balaban J connectivity index is 1.58. The quantitative estimate of drug-likeness (QED) is 0.843. The molecule has 2 amide bonds. The molecule has 3 saturated heterocycles. The first-order valence-corrected chi connectivity index (χ1v) is 6.02. The summed E-state index contributed by atoms with van der Waals surface area (Å²) in [6.45, 7) is 0.785. The zero-order valence-corrected chi connectivity index (χ0v) is 9.83. The number of fused-ring (bicyclic) bond motifs is 2. The first kappa shape index (κ1) is 11.1. The van der Waals surface area contributed by atoms with Crippen molar-refractivity contribution >= 4 is 12.0 Å². The number of benzene rings is 1. The summed E-state index contributed by atoms with van der Waals surface area (Å²) in [6.07, 6.45) is 0.363. The third kappa shape index (κ3) is 1.81. The van der Waals surface area contributed by atoms with Crippen LogP contribution in [0.3, 0.4) is 0 Å². The van der Waals surface area contributed by atoms with Gasteiger partial charge in [-0.05, 0) is 12.0 Å². The summed E-state index contributed by atoms with van der Waals surface area (Å²) in [5.41, 5.74) is 0.945. The second-order valence-electron chi connectivity index (χ2n) is 4.60. The average molecular weight is 246 g/mol. The third-order valence-corrected chi connectivity index (χ3v) is 3.46. The number of piperidine rings is 1. The van der Waals surface area contributed by atoms with Crippen LogP contribution >= 0.6 is 0 Å². The van der Waals surface area contributed by atoms with Crippen LogP contribution in [-0.2, 0) is 16.1 Å². The molecule has 2 atom stereocenters. The van der Waals surface area contributed by atoms with E-state index in [4.69, 9.17) is 4.74 Å². The number of nitrogens with one attached hydrogen (secondary N) is 1. The van der Waals surface area contributed by atoms with E-state index in [1.165, 1.54) is 0 Å². The molecule has 0 aromatic heterocycles. The van der Waals surface area contributed by atoms with Crippen molar-refractivity contribution in [3.8, 4) is 0 Å². The lowest BCUT2D eigenvalue weighted by molar-refractivity contribution is -0.139. The van der Waals surface area contributed by atoms with Crippen molar-refractivity contribution in [2.75, 3.05) is 6.54 Å². The second kappa shape index (κ2) is 4.33. The Morgan fingerprint density at radius 1 is 1.39 bits per heavy atom. The van der Waals surface area contributed by atoms with Crippen molar-refractivity contribution in [1.29, 1.82) is 0 Å². The Morgan fingerprint density at radius 3 is 2.83 bits per heavy atom. The number of ether oxygens (including phenoxy) is 1. The van der Waals surface area contributed by atoms with E-state index in [0.29, 0.717) is 6.54 Å². The van der Waals surface area contributed by atoms with Gasteiger partial charge >= 0.3 is 6.09 Å². The highest BCUT2D eigenvalue weighted by atomic mass is 16.6. The smallest absolute Gasteiger partial charge is 0.411 e. The van der Waals surface area contributed by atoms with Gasteiger partial charge < -0.3 is 10.1 Å². The highest BCUT2D eigenvalue weighted by Gasteiger charge is 2.50. The van der Waals surface area contributed by atoms with Crippen molar-refractivity contribution in [1.82, 2.24) is 10.2 Å². The molecular formula is C13H14N2O3. The van der Waals surface area contributed by atoms with Crippen LogP contribution in [0, 0.1) is 0 Å². The molecule has 94 valence electrons. The minimum atomic E-state index is -0.394. The molecule has 4 rings (SSSR count). The van der Waals surface area contributed by atoms with E-state index in [0.717, 1.165) is 12.0 Å². The van der Waals surface area contributed by atoms with Gasteiger partial charge in [0, 0.05) is 6.54 Å². The molecule has 5 nitrogen and oxygen atoms in total. The van der Waals surface area contributed by atoms with E-state index in [9.17, 15) is 9.59 Å². The zero-order valence-electron chi connectivity index (χ0n) is 9.83. The van der Waals surface area contributed by atoms with Gasteiger partial charge in [-0.2, -0.15) is 0 Å². The fourth-order valence-corrected chi connectivity index (χ4v) is 2.42. The number of nitrogens with zero attached hydrogens (tertiary/aromatic N) is 1. The van der Waals surface area contributed by atoms with E-state index in [1.807, 2.05) is 30.3 Å². The van der Waals surface area contributed by atoms with Crippen LogP contribution in [-0.4, -0.2) is 35.5 Å². The van der Waals surface area contributed by atoms with Crippen LogP contribution in [0.25, 0.3) is 0 Å². The molecule has 2 bridgehead atoms. The van der Waals surface area contributed by atoms with Gasteiger partial charge in [-0.3, -0.25) is 9.69 Å². The van der Waals surface area contributed by atoms with Gasteiger partial charge in [0.2, 0.25) is 5.91 Å². The Labute approximate surface area is 105 Å². The highest BCUT2D eigenvalue weighted by Crippen LogP contribution is 2.29. The molecule has 3 heterocycles. The summed E-state index contributed by atoms with van der Waals surface area (Å²) >= 11 is 0. The van der Waals surface area contributed by atoms with Crippen LogP contribution in [0.5, 0.6) is 0 Å². The molecule has 5 heteroatoms. The van der Waals surface area contributed by atoms with Gasteiger partial charge in [-0.25, -0.2) is 4.79 Å². The number of piperazine rings is 1. The van der Waals surface area contributed by atoms with Gasteiger partial charge in [-0.15, -0.1) is 0 Å². The van der Waals surface area contributed by atoms with Crippen LogP contribution in [0.4, 0.5) is 4.79 Å². The van der Waals surface area contributed by atoms with Gasteiger partial charge in [-0.1, -0.05) is 30.3 Å². The van der Waals surface area contributed by atoms with E-state index >= 15 is 0 Å². The maximum absolute atomic E-state index is 11.9. The highest BCUT2D eigenvalue weighted by molar-refractivity contribution is 5.89. The maximum atomic E-state index is 11.9. The number of carbonyl (C=O) groups excluding carboxylic acids is 2. The lowest BCUT2D eigenvalue weighted by Gasteiger charge is -2.50. The lowest BCUT2D eigenvalue weighted by atomic mass is 9.89. The van der Waals surface area contributed by atoms with Gasteiger partial charge in [0.15, 0.2) is 0 Å². The SMILES string of the molecule is O=C1NCC2CC1N2C(=O)OCc1ccccc1. The van der Waals surface area contributed by atoms with E-state index in [-0.39, 0.29) is 24.6 Å². The molecule has 0 aliphatic carbocycles.